The molecule has 0 radical (unpaired) electrons. The van der Waals surface area contributed by atoms with Gasteiger partial charge in [0.15, 0.2) is 5.96 Å². The molecule has 0 bridgehead atoms. The number of piperazine rings is 1. The van der Waals surface area contributed by atoms with Crippen molar-refractivity contribution in [3.05, 3.63) is 59.8 Å². The number of nitrogens with zero attached hydrogens (tertiary/aromatic N) is 4. The SMILES string of the molecule is CN=C(NCCC(=O)N1CCN(c2ccccn2)CC1)NCc1ccc(C)cc1.I. The van der Waals surface area contributed by atoms with Crippen LogP contribution in [0.2, 0.25) is 0 Å². The molecule has 1 amide bonds. The van der Waals surface area contributed by atoms with Crippen LogP contribution >= 0.6 is 24.0 Å². The molecule has 2 aromatic rings. The molecule has 2 N–H and O–H groups in total. The Balaban J connectivity index is 0.00000320. The minimum Gasteiger partial charge on any atom is -0.356 e. The second kappa shape index (κ2) is 12.4. The van der Waals surface area contributed by atoms with Crippen molar-refractivity contribution in [1.82, 2.24) is 20.5 Å². The summed E-state index contributed by atoms with van der Waals surface area (Å²) < 4.78 is 0. The Morgan fingerprint density at radius 3 is 2.43 bits per heavy atom. The first-order valence-corrected chi connectivity index (χ1v) is 10.1. The third-order valence-electron chi connectivity index (χ3n) is 5.04. The van der Waals surface area contributed by atoms with Gasteiger partial charge in [-0.25, -0.2) is 4.98 Å². The highest BCUT2D eigenvalue weighted by Gasteiger charge is 2.21. The van der Waals surface area contributed by atoms with E-state index in [4.69, 9.17) is 0 Å². The van der Waals surface area contributed by atoms with Crippen LogP contribution in [-0.2, 0) is 11.3 Å². The molecule has 1 aliphatic rings. The predicted octanol–water partition coefficient (Wildman–Crippen LogP) is 2.41. The van der Waals surface area contributed by atoms with E-state index in [0.717, 1.165) is 32.0 Å². The molecule has 0 spiro atoms. The maximum atomic E-state index is 12.5. The summed E-state index contributed by atoms with van der Waals surface area (Å²) in [6, 6.07) is 14.3. The number of aryl methyl sites for hydroxylation is 1. The fraction of sp³-hybridized carbons (Fsp3) is 0.409. The lowest BCUT2D eigenvalue weighted by Gasteiger charge is -2.35. The molecule has 1 aliphatic heterocycles. The first kappa shape index (κ1) is 23.9. The van der Waals surface area contributed by atoms with Gasteiger partial charge in [-0.15, -0.1) is 24.0 Å². The van der Waals surface area contributed by atoms with E-state index in [1.165, 1.54) is 11.1 Å². The van der Waals surface area contributed by atoms with Gasteiger partial charge < -0.3 is 20.4 Å². The second-order valence-electron chi connectivity index (χ2n) is 7.14. The molecular formula is C22H31IN6O. The lowest BCUT2D eigenvalue weighted by molar-refractivity contribution is -0.131. The highest BCUT2D eigenvalue weighted by atomic mass is 127. The molecule has 0 saturated carbocycles. The monoisotopic (exact) mass is 522 g/mol. The number of benzene rings is 1. The Morgan fingerprint density at radius 1 is 1.07 bits per heavy atom. The molecule has 3 rings (SSSR count). The van der Waals surface area contributed by atoms with E-state index < -0.39 is 0 Å². The zero-order valence-electron chi connectivity index (χ0n) is 17.7. The van der Waals surface area contributed by atoms with Crippen molar-refractivity contribution in [2.45, 2.75) is 19.9 Å². The van der Waals surface area contributed by atoms with Crippen LogP contribution in [0, 0.1) is 6.92 Å². The first-order chi connectivity index (χ1) is 14.2. The number of aliphatic imine (C=N–C) groups is 1. The van der Waals surface area contributed by atoms with E-state index >= 15 is 0 Å². The molecule has 1 aromatic carbocycles. The topological polar surface area (TPSA) is 72.9 Å². The fourth-order valence-corrected chi connectivity index (χ4v) is 3.28. The summed E-state index contributed by atoms with van der Waals surface area (Å²) in [6.45, 7) is 6.43. The van der Waals surface area contributed by atoms with Crippen LogP contribution < -0.4 is 15.5 Å². The van der Waals surface area contributed by atoms with Gasteiger partial charge in [0.2, 0.25) is 5.91 Å². The van der Waals surface area contributed by atoms with Crippen molar-refractivity contribution in [2.24, 2.45) is 4.99 Å². The normalized spacial score (nSPS) is 14.1. The van der Waals surface area contributed by atoms with E-state index in [2.05, 4.69) is 56.7 Å². The summed E-state index contributed by atoms with van der Waals surface area (Å²) >= 11 is 0. The number of nitrogens with one attached hydrogen (secondary N) is 2. The lowest BCUT2D eigenvalue weighted by atomic mass is 10.1. The van der Waals surface area contributed by atoms with Crippen LogP contribution in [-0.4, -0.2) is 61.5 Å². The van der Waals surface area contributed by atoms with Gasteiger partial charge in [0.25, 0.3) is 0 Å². The van der Waals surface area contributed by atoms with Gasteiger partial charge >= 0.3 is 0 Å². The number of hydrogen-bond donors (Lipinski definition) is 2. The molecule has 8 heteroatoms. The summed E-state index contributed by atoms with van der Waals surface area (Å²) in [5.74, 6) is 1.86. The summed E-state index contributed by atoms with van der Waals surface area (Å²) in [5, 5.41) is 6.51. The lowest BCUT2D eigenvalue weighted by Crippen LogP contribution is -2.49. The fourth-order valence-electron chi connectivity index (χ4n) is 3.28. The van der Waals surface area contributed by atoms with E-state index in [1.807, 2.05) is 23.1 Å². The smallest absolute Gasteiger partial charge is 0.224 e. The zero-order valence-corrected chi connectivity index (χ0v) is 20.0. The number of guanidine groups is 1. The van der Waals surface area contributed by atoms with Gasteiger partial charge in [-0.3, -0.25) is 9.79 Å². The molecular weight excluding hydrogens is 491 g/mol. The maximum Gasteiger partial charge on any atom is 0.224 e. The van der Waals surface area contributed by atoms with Gasteiger partial charge in [0, 0.05) is 58.9 Å². The van der Waals surface area contributed by atoms with Gasteiger partial charge in [0.1, 0.15) is 5.82 Å². The number of rotatable bonds is 6. The predicted molar refractivity (Wildman–Crippen MR) is 132 cm³/mol. The van der Waals surface area contributed by atoms with Crippen molar-refractivity contribution in [3.8, 4) is 0 Å². The number of carbonyl (C=O) groups excluding carboxylic acids is 1. The average Bonchev–Trinajstić information content (AvgIpc) is 2.78. The second-order valence-corrected chi connectivity index (χ2v) is 7.14. The highest BCUT2D eigenvalue weighted by Crippen LogP contribution is 2.12. The summed E-state index contributed by atoms with van der Waals surface area (Å²) in [5.41, 5.74) is 2.44. The van der Waals surface area contributed by atoms with Crippen LogP contribution in [0.15, 0.2) is 53.7 Å². The van der Waals surface area contributed by atoms with Crippen molar-refractivity contribution < 1.29 is 4.79 Å². The van der Waals surface area contributed by atoms with Crippen molar-refractivity contribution in [2.75, 3.05) is 44.7 Å². The summed E-state index contributed by atoms with van der Waals surface area (Å²) in [7, 11) is 1.74. The van der Waals surface area contributed by atoms with Crippen molar-refractivity contribution in [3.63, 3.8) is 0 Å². The van der Waals surface area contributed by atoms with Crippen molar-refractivity contribution in [1.29, 1.82) is 0 Å². The number of amides is 1. The molecule has 1 fully saturated rings. The van der Waals surface area contributed by atoms with Gasteiger partial charge in [-0.05, 0) is 24.6 Å². The third kappa shape index (κ3) is 7.16. The van der Waals surface area contributed by atoms with E-state index in [0.29, 0.717) is 25.5 Å². The summed E-state index contributed by atoms with van der Waals surface area (Å²) in [6.07, 6.45) is 2.26. The Hall–Kier alpha value is -2.36. The van der Waals surface area contributed by atoms with Crippen LogP contribution in [0.3, 0.4) is 0 Å². The third-order valence-corrected chi connectivity index (χ3v) is 5.04. The summed E-state index contributed by atoms with van der Waals surface area (Å²) in [4.78, 5) is 25.3. The maximum absolute atomic E-state index is 12.5. The van der Waals surface area contributed by atoms with E-state index in [9.17, 15) is 4.79 Å². The number of pyridine rings is 1. The molecule has 0 atom stereocenters. The molecule has 30 heavy (non-hydrogen) atoms. The number of anilines is 1. The van der Waals surface area contributed by atoms with Crippen molar-refractivity contribution >= 4 is 41.7 Å². The molecule has 162 valence electrons. The Morgan fingerprint density at radius 2 is 1.80 bits per heavy atom. The molecule has 1 saturated heterocycles. The number of hydrogen-bond acceptors (Lipinski definition) is 4. The van der Waals surface area contributed by atoms with Gasteiger partial charge in [-0.2, -0.15) is 0 Å². The Kier molecular flexibility index (Phi) is 9.85. The zero-order chi connectivity index (χ0) is 20.5. The van der Waals surface area contributed by atoms with Gasteiger partial charge in [-0.1, -0.05) is 35.9 Å². The molecule has 2 heterocycles. The number of aromatic nitrogens is 1. The molecule has 0 unspecified atom stereocenters. The van der Waals surface area contributed by atoms with Gasteiger partial charge in [0.05, 0.1) is 0 Å². The van der Waals surface area contributed by atoms with Crippen LogP contribution in [0.25, 0.3) is 0 Å². The highest BCUT2D eigenvalue weighted by molar-refractivity contribution is 14.0. The largest absolute Gasteiger partial charge is 0.356 e. The average molecular weight is 522 g/mol. The van der Waals surface area contributed by atoms with Crippen LogP contribution in [0.5, 0.6) is 0 Å². The molecule has 7 nitrogen and oxygen atoms in total. The minimum absolute atomic E-state index is 0. The number of carbonyl (C=O) groups is 1. The Labute approximate surface area is 196 Å². The number of halogens is 1. The minimum atomic E-state index is 0. The van der Waals surface area contributed by atoms with Crippen LogP contribution in [0.4, 0.5) is 5.82 Å². The van der Waals surface area contributed by atoms with E-state index in [-0.39, 0.29) is 29.9 Å². The first-order valence-electron chi connectivity index (χ1n) is 10.1. The molecule has 0 aliphatic carbocycles. The standard InChI is InChI=1S/C22H30N6O.HI/c1-18-6-8-19(9-7-18)17-26-22(23-2)25-12-10-21(29)28-15-13-27(14-16-28)20-5-3-4-11-24-20;/h3-9,11H,10,12-17H2,1-2H3,(H2,23,25,26);1H. The van der Waals surface area contributed by atoms with E-state index in [1.54, 1.807) is 13.2 Å². The van der Waals surface area contributed by atoms with Crippen LogP contribution in [0.1, 0.15) is 17.5 Å². The molecule has 1 aromatic heterocycles. The Bertz CT molecular complexity index is 804. The quantitative estimate of drug-likeness (QED) is 0.347.